The van der Waals surface area contributed by atoms with Crippen molar-refractivity contribution in [1.29, 1.82) is 0 Å². The first-order valence-corrected chi connectivity index (χ1v) is 10.3. The van der Waals surface area contributed by atoms with E-state index in [1.54, 1.807) is 24.3 Å². The number of amides is 1. The molecule has 0 aliphatic heterocycles. The van der Waals surface area contributed by atoms with Crippen molar-refractivity contribution in [3.63, 3.8) is 0 Å². The number of hydrogen-bond acceptors (Lipinski definition) is 5. The summed E-state index contributed by atoms with van der Waals surface area (Å²) < 4.78 is 30.5. The van der Waals surface area contributed by atoms with Crippen LogP contribution in [0, 0.1) is 5.92 Å². The van der Waals surface area contributed by atoms with Crippen molar-refractivity contribution in [2.24, 2.45) is 5.92 Å². The van der Waals surface area contributed by atoms with Crippen molar-refractivity contribution in [1.82, 2.24) is 14.9 Å². The standard InChI is InChI=1S/C21H21F2N3O3S/c1-13(2)11-24-18(27)12-30-21-25-17-6-4-3-5-16(17)19(28)26(21)14-7-9-15(10-8-14)29-20(22)23/h3-10,13,20H,11-12H2,1-2H3,(H,24,27). The van der Waals surface area contributed by atoms with Crippen LogP contribution < -0.4 is 15.6 Å². The fraction of sp³-hybridized carbons (Fsp3) is 0.286. The highest BCUT2D eigenvalue weighted by Gasteiger charge is 2.15. The minimum Gasteiger partial charge on any atom is -0.435 e. The quantitative estimate of drug-likeness (QED) is 0.432. The van der Waals surface area contributed by atoms with Gasteiger partial charge in [0.1, 0.15) is 5.75 Å². The Balaban J connectivity index is 1.96. The molecule has 9 heteroatoms. The van der Waals surface area contributed by atoms with Crippen molar-refractivity contribution in [2.75, 3.05) is 12.3 Å². The Morgan fingerprint density at radius 3 is 2.53 bits per heavy atom. The molecule has 0 spiro atoms. The first-order chi connectivity index (χ1) is 14.3. The summed E-state index contributed by atoms with van der Waals surface area (Å²) in [5.41, 5.74) is 0.639. The van der Waals surface area contributed by atoms with Gasteiger partial charge in [-0.25, -0.2) is 4.98 Å². The van der Waals surface area contributed by atoms with Gasteiger partial charge >= 0.3 is 6.61 Å². The largest absolute Gasteiger partial charge is 0.435 e. The number of carbonyl (C=O) groups is 1. The molecule has 0 unspecified atom stereocenters. The highest BCUT2D eigenvalue weighted by molar-refractivity contribution is 7.99. The van der Waals surface area contributed by atoms with Crippen LogP contribution in [-0.2, 0) is 4.79 Å². The number of carbonyl (C=O) groups excluding carboxylic acids is 1. The van der Waals surface area contributed by atoms with E-state index in [-0.39, 0.29) is 23.0 Å². The predicted octanol–water partition coefficient (Wildman–Crippen LogP) is 3.85. The second-order valence-corrected chi connectivity index (χ2v) is 7.85. The third kappa shape index (κ3) is 5.35. The number of benzene rings is 2. The van der Waals surface area contributed by atoms with Gasteiger partial charge in [0.05, 0.1) is 22.3 Å². The molecule has 0 saturated carbocycles. The summed E-state index contributed by atoms with van der Waals surface area (Å²) in [5, 5.41) is 3.58. The van der Waals surface area contributed by atoms with Crippen LogP contribution >= 0.6 is 11.8 Å². The molecule has 3 rings (SSSR count). The zero-order chi connectivity index (χ0) is 21.7. The van der Waals surface area contributed by atoms with Crippen LogP contribution in [0.15, 0.2) is 58.5 Å². The number of nitrogens with one attached hydrogen (secondary N) is 1. The van der Waals surface area contributed by atoms with Crippen LogP contribution in [0.3, 0.4) is 0 Å². The van der Waals surface area contributed by atoms with Crippen LogP contribution in [0.1, 0.15) is 13.8 Å². The lowest BCUT2D eigenvalue weighted by atomic mass is 10.2. The first-order valence-electron chi connectivity index (χ1n) is 9.31. The molecule has 0 radical (unpaired) electrons. The average Bonchev–Trinajstić information content (AvgIpc) is 2.71. The Kier molecular flexibility index (Phi) is 7.04. The van der Waals surface area contributed by atoms with Gasteiger partial charge in [-0.3, -0.25) is 14.2 Å². The molecule has 0 saturated heterocycles. The molecule has 0 atom stereocenters. The van der Waals surface area contributed by atoms with Gasteiger partial charge in [0.15, 0.2) is 5.16 Å². The fourth-order valence-electron chi connectivity index (χ4n) is 2.71. The Labute approximate surface area is 176 Å². The summed E-state index contributed by atoms with van der Waals surface area (Å²) in [4.78, 5) is 29.8. The second-order valence-electron chi connectivity index (χ2n) is 6.91. The van der Waals surface area contributed by atoms with Gasteiger partial charge in [-0.05, 0) is 42.3 Å². The monoisotopic (exact) mass is 433 g/mol. The van der Waals surface area contributed by atoms with E-state index in [0.717, 1.165) is 11.8 Å². The highest BCUT2D eigenvalue weighted by Crippen LogP contribution is 2.23. The van der Waals surface area contributed by atoms with Crippen molar-refractivity contribution in [3.8, 4) is 11.4 Å². The topological polar surface area (TPSA) is 73.2 Å². The fourth-order valence-corrected chi connectivity index (χ4v) is 3.56. The van der Waals surface area contributed by atoms with Crippen LogP contribution in [0.25, 0.3) is 16.6 Å². The highest BCUT2D eigenvalue weighted by atomic mass is 32.2. The van der Waals surface area contributed by atoms with E-state index in [0.29, 0.717) is 34.2 Å². The molecule has 2 aromatic carbocycles. The Morgan fingerprint density at radius 1 is 1.17 bits per heavy atom. The van der Waals surface area contributed by atoms with Gasteiger partial charge in [0, 0.05) is 6.54 Å². The summed E-state index contributed by atoms with van der Waals surface area (Å²) in [6.45, 7) is 1.62. The number of thioether (sulfide) groups is 1. The Morgan fingerprint density at radius 2 is 1.87 bits per heavy atom. The number of ether oxygens (including phenoxy) is 1. The number of fused-ring (bicyclic) bond motifs is 1. The maximum Gasteiger partial charge on any atom is 0.387 e. The number of rotatable bonds is 8. The molecule has 158 valence electrons. The molecular weight excluding hydrogens is 412 g/mol. The van der Waals surface area contributed by atoms with Gasteiger partial charge in [-0.1, -0.05) is 37.7 Å². The normalized spacial score (nSPS) is 11.3. The van der Waals surface area contributed by atoms with Gasteiger partial charge < -0.3 is 10.1 Å². The zero-order valence-corrected chi connectivity index (χ0v) is 17.3. The molecule has 1 aromatic heterocycles. The molecule has 6 nitrogen and oxygen atoms in total. The third-order valence-corrected chi connectivity index (χ3v) is 5.04. The molecule has 30 heavy (non-hydrogen) atoms. The molecule has 0 fully saturated rings. The summed E-state index contributed by atoms with van der Waals surface area (Å²) in [7, 11) is 0. The average molecular weight is 433 g/mol. The first kappa shape index (κ1) is 21.8. The van der Waals surface area contributed by atoms with E-state index < -0.39 is 6.61 Å². The van der Waals surface area contributed by atoms with Crippen molar-refractivity contribution in [3.05, 3.63) is 58.9 Å². The van der Waals surface area contributed by atoms with Crippen molar-refractivity contribution >= 4 is 28.6 Å². The van der Waals surface area contributed by atoms with Gasteiger partial charge in [-0.15, -0.1) is 0 Å². The number of alkyl halides is 2. The zero-order valence-electron chi connectivity index (χ0n) is 16.5. The summed E-state index contributed by atoms with van der Waals surface area (Å²) in [6.07, 6.45) is 0. The van der Waals surface area contributed by atoms with E-state index in [1.165, 1.54) is 28.8 Å². The number of nitrogens with zero attached hydrogens (tertiary/aromatic N) is 2. The number of hydrogen-bond donors (Lipinski definition) is 1. The lowest BCUT2D eigenvalue weighted by Gasteiger charge is -2.14. The number of halogens is 2. The lowest BCUT2D eigenvalue weighted by Crippen LogP contribution is -2.29. The van der Waals surface area contributed by atoms with Crippen LogP contribution in [0.2, 0.25) is 0 Å². The smallest absolute Gasteiger partial charge is 0.387 e. The van der Waals surface area contributed by atoms with Gasteiger partial charge in [0.2, 0.25) is 5.91 Å². The van der Waals surface area contributed by atoms with E-state index in [2.05, 4.69) is 15.0 Å². The molecule has 1 heterocycles. The van der Waals surface area contributed by atoms with Crippen LogP contribution in [-0.4, -0.2) is 34.4 Å². The SMILES string of the molecule is CC(C)CNC(=O)CSc1nc2ccccc2c(=O)n1-c1ccc(OC(F)F)cc1. The van der Waals surface area contributed by atoms with Crippen molar-refractivity contribution < 1.29 is 18.3 Å². The van der Waals surface area contributed by atoms with Crippen molar-refractivity contribution in [2.45, 2.75) is 25.6 Å². The maximum atomic E-state index is 13.1. The van der Waals surface area contributed by atoms with E-state index >= 15 is 0 Å². The second kappa shape index (κ2) is 9.71. The van der Waals surface area contributed by atoms with Gasteiger partial charge in [0.25, 0.3) is 5.56 Å². The maximum absolute atomic E-state index is 13.1. The van der Waals surface area contributed by atoms with Crippen LogP contribution in [0.4, 0.5) is 8.78 Å². The van der Waals surface area contributed by atoms with Crippen LogP contribution in [0.5, 0.6) is 5.75 Å². The molecule has 3 aromatic rings. The Bertz CT molecular complexity index is 1090. The molecule has 1 amide bonds. The summed E-state index contributed by atoms with van der Waals surface area (Å²) >= 11 is 1.13. The van der Waals surface area contributed by atoms with E-state index in [4.69, 9.17) is 0 Å². The minimum absolute atomic E-state index is 0.0159. The summed E-state index contributed by atoms with van der Waals surface area (Å²) in [6, 6.07) is 12.6. The lowest BCUT2D eigenvalue weighted by molar-refractivity contribution is -0.118. The molecule has 0 aliphatic rings. The van der Waals surface area contributed by atoms with E-state index in [9.17, 15) is 18.4 Å². The molecular formula is C21H21F2N3O3S. The Hall–Kier alpha value is -2.94. The van der Waals surface area contributed by atoms with E-state index in [1.807, 2.05) is 13.8 Å². The number of aromatic nitrogens is 2. The third-order valence-electron chi connectivity index (χ3n) is 4.10. The molecule has 0 bridgehead atoms. The predicted molar refractivity (Wildman–Crippen MR) is 113 cm³/mol. The minimum atomic E-state index is -2.93. The van der Waals surface area contributed by atoms with Gasteiger partial charge in [-0.2, -0.15) is 8.78 Å². The summed E-state index contributed by atoms with van der Waals surface area (Å²) in [5.74, 6) is 0.232. The molecule has 0 aliphatic carbocycles. The number of para-hydroxylation sites is 1. The molecule has 1 N–H and O–H groups in total.